The molecule has 2 rings (SSSR count). The Labute approximate surface area is 86.1 Å². The zero-order chi connectivity index (χ0) is 10.8. The number of nitrogen functional groups attached to an aromatic ring is 1. The van der Waals surface area contributed by atoms with Crippen LogP contribution in [0.5, 0.6) is 0 Å². The zero-order valence-electron chi connectivity index (χ0n) is 8.14. The second-order valence-electron chi connectivity index (χ2n) is 3.56. The highest BCUT2D eigenvalue weighted by Crippen LogP contribution is 2.30. The van der Waals surface area contributed by atoms with E-state index in [0.29, 0.717) is 5.56 Å². The Morgan fingerprint density at radius 1 is 1.67 bits per heavy atom. The molecular weight excluding hydrogens is 198 g/mol. The van der Waals surface area contributed by atoms with Crippen molar-refractivity contribution in [3.05, 3.63) is 22.1 Å². The number of hydrogen-bond acceptors (Lipinski definition) is 5. The third-order valence-electron chi connectivity index (χ3n) is 2.50. The smallest absolute Gasteiger partial charge is 0.258 e. The molecule has 82 valence electrons. The molecule has 1 aromatic heterocycles. The highest BCUT2D eigenvalue weighted by molar-refractivity contribution is 5.19. The molecule has 6 heteroatoms. The molecule has 1 aliphatic rings. The van der Waals surface area contributed by atoms with Crippen LogP contribution in [0.1, 0.15) is 24.5 Å². The molecule has 4 N–H and O–H groups in total. The second kappa shape index (κ2) is 4.00. The van der Waals surface area contributed by atoms with Crippen molar-refractivity contribution in [2.45, 2.75) is 25.0 Å². The fraction of sp³-hybridized carbons (Fsp3) is 0.556. The largest absolute Gasteiger partial charge is 0.394 e. The molecule has 2 heterocycles. The number of aromatic nitrogens is 2. The van der Waals surface area contributed by atoms with E-state index in [4.69, 9.17) is 15.6 Å². The minimum absolute atomic E-state index is 0.0171. The lowest BCUT2D eigenvalue weighted by atomic mass is 10.1. The number of nitrogens with one attached hydrogen (secondary N) is 1. The fourth-order valence-electron chi connectivity index (χ4n) is 1.72. The topological polar surface area (TPSA) is 101 Å². The Hall–Kier alpha value is -1.40. The number of aliphatic hydroxyl groups is 1. The van der Waals surface area contributed by atoms with E-state index in [2.05, 4.69) is 9.97 Å². The number of hydrogen-bond donors (Lipinski definition) is 3. The quantitative estimate of drug-likeness (QED) is 0.615. The van der Waals surface area contributed by atoms with Crippen molar-refractivity contribution < 1.29 is 9.84 Å². The number of aromatic amines is 1. The van der Waals surface area contributed by atoms with Gasteiger partial charge in [-0.1, -0.05) is 0 Å². The van der Waals surface area contributed by atoms with Crippen LogP contribution in [0.3, 0.4) is 0 Å². The molecule has 0 bridgehead atoms. The summed E-state index contributed by atoms with van der Waals surface area (Å²) in [5.41, 5.74) is 5.53. The van der Waals surface area contributed by atoms with Crippen molar-refractivity contribution in [2.24, 2.45) is 0 Å². The van der Waals surface area contributed by atoms with Crippen molar-refractivity contribution in [1.29, 1.82) is 0 Å². The number of ether oxygens (including phenoxy) is 1. The van der Waals surface area contributed by atoms with Gasteiger partial charge in [0, 0.05) is 6.20 Å². The molecule has 1 fully saturated rings. The number of anilines is 1. The van der Waals surface area contributed by atoms with Crippen LogP contribution < -0.4 is 11.3 Å². The Bertz CT molecular complexity index is 404. The third-order valence-corrected chi connectivity index (χ3v) is 2.50. The average molecular weight is 211 g/mol. The van der Waals surface area contributed by atoms with Gasteiger partial charge >= 0.3 is 0 Å². The average Bonchev–Trinajstić information content (AvgIpc) is 2.66. The van der Waals surface area contributed by atoms with E-state index in [1.54, 1.807) is 0 Å². The van der Waals surface area contributed by atoms with Crippen LogP contribution in [0, 0.1) is 0 Å². The van der Waals surface area contributed by atoms with Gasteiger partial charge in [-0.25, -0.2) is 4.98 Å². The normalized spacial score (nSPS) is 25.7. The minimum Gasteiger partial charge on any atom is -0.394 e. The Morgan fingerprint density at radius 2 is 2.47 bits per heavy atom. The molecule has 2 atom stereocenters. The van der Waals surface area contributed by atoms with Crippen molar-refractivity contribution in [3.63, 3.8) is 0 Å². The number of aliphatic hydroxyl groups excluding tert-OH is 1. The van der Waals surface area contributed by atoms with Crippen LogP contribution in [-0.4, -0.2) is 27.8 Å². The molecule has 6 nitrogen and oxygen atoms in total. The first-order chi connectivity index (χ1) is 7.20. The van der Waals surface area contributed by atoms with Crippen LogP contribution in [-0.2, 0) is 4.74 Å². The summed E-state index contributed by atoms with van der Waals surface area (Å²) >= 11 is 0. The fourth-order valence-corrected chi connectivity index (χ4v) is 1.72. The van der Waals surface area contributed by atoms with E-state index < -0.39 is 0 Å². The maximum absolute atomic E-state index is 11.5. The first-order valence-corrected chi connectivity index (χ1v) is 4.81. The molecule has 0 saturated carbocycles. The highest BCUT2D eigenvalue weighted by Gasteiger charge is 2.27. The summed E-state index contributed by atoms with van der Waals surface area (Å²) in [6.07, 6.45) is 2.45. The molecule has 0 aromatic carbocycles. The number of nitrogens with zero attached hydrogens (tertiary/aromatic N) is 1. The number of H-pyrrole nitrogens is 1. The van der Waals surface area contributed by atoms with Gasteiger partial charge in [0.05, 0.1) is 24.4 Å². The van der Waals surface area contributed by atoms with Crippen LogP contribution in [0.25, 0.3) is 0 Å². The maximum atomic E-state index is 11.5. The molecule has 0 amide bonds. The van der Waals surface area contributed by atoms with Gasteiger partial charge in [0.15, 0.2) is 5.95 Å². The second-order valence-corrected chi connectivity index (χ2v) is 3.56. The molecule has 1 aliphatic heterocycles. The highest BCUT2D eigenvalue weighted by atomic mass is 16.5. The van der Waals surface area contributed by atoms with Gasteiger partial charge in [-0.15, -0.1) is 0 Å². The monoisotopic (exact) mass is 211 g/mol. The predicted molar refractivity (Wildman–Crippen MR) is 53.2 cm³/mol. The van der Waals surface area contributed by atoms with E-state index in [9.17, 15) is 4.79 Å². The van der Waals surface area contributed by atoms with Crippen molar-refractivity contribution in [1.82, 2.24) is 9.97 Å². The van der Waals surface area contributed by atoms with E-state index in [-0.39, 0.29) is 30.3 Å². The summed E-state index contributed by atoms with van der Waals surface area (Å²) in [5.74, 6) is 0.0976. The predicted octanol–water partition coefficient (Wildman–Crippen LogP) is -0.436. The Kier molecular flexibility index (Phi) is 2.70. The minimum atomic E-state index is -0.279. The van der Waals surface area contributed by atoms with Crippen LogP contribution in [0.4, 0.5) is 5.95 Å². The first-order valence-electron chi connectivity index (χ1n) is 4.81. The van der Waals surface area contributed by atoms with Gasteiger partial charge in [0.2, 0.25) is 0 Å². The SMILES string of the molecule is Nc1ncc([C@H]2CC[C@@H](CO)O2)c(=O)[nH]1. The molecule has 1 saturated heterocycles. The van der Waals surface area contributed by atoms with Crippen LogP contribution in [0.15, 0.2) is 11.0 Å². The van der Waals surface area contributed by atoms with E-state index in [1.165, 1.54) is 6.20 Å². The summed E-state index contributed by atoms with van der Waals surface area (Å²) in [4.78, 5) is 17.7. The zero-order valence-corrected chi connectivity index (χ0v) is 8.14. The molecule has 1 aromatic rings. The Balaban J connectivity index is 2.20. The van der Waals surface area contributed by atoms with Crippen LogP contribution >= 0.6 is 0 Å². The summed E-state index contributed by atoms with van der Waals surface area (Å²) < 4.78 is 5.47. The summed E-state index contributed by atoms with van der Waals surface area (Å²) in [6.45, 7) is -0.0171. The molecule has 0 radical (unpaired) electrons. The molecule has 0 aliphatic carbocycles. The summed E-state index contributed by atoms with van der Waals surface area (Å²) in [7, 11) is 0. The van der Waals surface area contributed by atoms with Gasteiger partial charge in [0.1, 0.15) is 0 Å². The number of nitrogens with two attached hydrogens (primary N) is 1. The summed E-state index contributed by atoms with van der Waals surface area (Å²) in [5, 5.41) is 8.90. The lowest BCUT2D eigenvalue weighted by molar-refractivity contribution is 0.0103. The van der Waals surface area contributed by atoms with Gasteiger partial charge in [-0.2, -0.15) is 0 Å². The van der Waals surface area contributed by atoms with Gasteiger partial charge < -0.3 is 15.6 Å². The molecular formula is C9H13N3O3. The molecule has 15 heavy (non-hydrogen) atoms. The molecule has 0 unspecified atom stereocenters. The lowest BCUT2D eigenvalue weighted by Gasteiger charge is -2.10. The Morgan fingerprint density at radius 3 is 3.07 bits per heavy atom. The maximum Gasteiger partial charge on any atom is 0.258 e. The van der Waals surface area contributed by atoms with E-state index >= 15 is 0 Å². The van der Waals surface area contributed by atoms with Gasteiger partial charge in [-0.3, -0.25) is 9.78 Å². The van der Waals surface area contributed by atoms with Crippen molar-refractivity contribution >= 4 is 5.95 Å². The third kappa shape index (κ3) is 2.00. The van der Waals surface area contributed by atoms with Gasteiger partial charge in [0.25, 0.3) is 5.56 Å². The summed E-state index contributed by atoms with van der Waals surface area (Å²) in [6, 6.07) is 0. The van der Waals surface area contributed by atoms with Crippen molar-refractivity contribution in [3.8, 4) is 0 Å². The lowest BCUT2D eigenvalue weighted by Crippen LogP contribution is -2.19. The first kappa shape index (κ1) is 10.1. The molecule has 0 spiro atoms. The van der Waals surface area contributed by atoms with Crippen molar-refractivity contribution in [2.75, 3.05) is 12.3 Å². The van der Waals surface area contributed by atoms with E-state index in [1.807, 2.05) is 0 Å². The van der Waals surface area contributed by atoms with E-state index in [0.717, 1.165) is 12.8 Å². The number of rotatable bonds is 2. The standard InChI is InChI=1S/C9H13N3O3/c10-9-11-3-6(8(14)12-9)7-2-1-5(4-13)15-7/h3,5,7,13H,1-2,4H2,(H3,10,11,12,14)/t5-,7+/m0/s1. The van der Waals surface area contributed by atoms with Crippen LogP contribution in [0.2, 0.25) is 0 Å². The van der Waals surface area contributed by atoms with Gasteiger partial charge in [-0.05, 0) is 12.8 Å².